The molecule has 27 heavy (non-hydrogen) atoms. The minimum atomic E-state index is 0.0587. The Bertz CT molecular complexity index is 1030. The van der Waals surface area contributed by atoms with E-state index in [2.05, 4.69) is 9.97 Å². The highest BCUT2D eigenvalue weighted by molar-refractivity contribution is 6.35. The number of rotatable bonds is 3. The van der Waals surface area contributed by atoms with Crippen LogP contribution in [0.2, 0.25) is 5.02 Å². The van der Waals surface area contributed by atoms with E-state index in [0.717, 1.165) is 28.1 Å². The number of pyridine rings is 1. The minimum Gasteiger partial charge on any atom is -0.454 e. The molecular weight excluding hydrogens is 368 g/mol. The van der Waals surface area contributed by atoms with Gasteiger partial charge >= 0.3 is 0 Å². The van der Waals surface area contributed by atoms with Crippen molar-refractivity contribution >= 4 is 34.4 Å². The van der Waals surface area contributed by atoms with Crippen molar-refractivity contribution in [3.8, 4) is 11.5 Å². The molecule has 2 aromatic heterocycles. The number of hydrogen-bond acceptors (Lipinski definition) is 5. The lowest BCUT2D eigenvalue weighted by Crippen LogP contribution is -2.50. The lowest BCUT2D eigenvalue weighted by molar-refractivity contribution is -0.131. The van der Waals surface area contributed by atoms with E-state index >= 15 is 0 Å². The molecule has 0 saturated carbocycles. The number of hydrogen-bond donors (Lipinski definition) is 1. The van der Waals surface area contributed by atoms with Gasteiger partial charge in [-0.3, -0.25) is 4.79 Å². The third-order valence-electron chi connectivity index (χ3n) is 4.92. The number of aromatic nitrogens is 2. The molecule has 2 aliphatic rings. The van der Waals surface area contributed by atoms with Crippen molar-refractivity contribution in [2.45, 2.75) is 6.54 Å². The molecule has 4 heterocycles. The van der Waals surface area contributed by atoms with Gasteiger partial charge in [0.2, 0.25) is 12.7 Å². The molecule has 0 bridgehead atoms. The number of nitrogens with zero attached hydrogens (tertiary/aromatic N) is 3. The van der Waals surface area contributed by atoms with E-state index in [-0.39, 0.29) is 19.2 Å². The molecule has 2 aliphatic heterocycles. The van der Waals surface area contributed by atoms with Crippen LogP contribution in [0.3, 0.4) is 0 Å². The smallest absolute Gasteiger partial charge is 0.242 e. The summed E-state index contributed by atoms with van der Waals surface area (Å²) in [6.07, 6.45) is 1.81. The third-order valence-corrected chi connectivity index (χ3v) is 5.23. The van der Waals surface area contributed by atoms with Crippen LogP contribution >= 0.6 is 11.6 Å². The Hall–Kier alpha value is -2.93. The van der Waals surface area contributed by atoms with Crippen LogP contribution < -0.4 is 14.4 Å². The average molecular weight is 385 g/mol. The van der Waals surface area contributed by atoms with Gasteiger partial charge in [-0.15, -0.1) is 0 Å². The Kier molecular flexibility index (Phi) is 3.82. The number of nitrogens with one attached hydrogen (secondary N) is 1. The summed E-state index contributed by atoms with van der Waals surface area (Å²) in [5, 5.41) is 1.51. The highest BCUT2D eigenvalue weighted by Crippen LogP contribution is 2.33. The quantitative estimate of drug-likeness (QED) is 0.752. The van der Waals surface area contributed by atoms with Crippen molar-refractivity contribution in [3.63, 3.8) is 0 Å². The van der Waals surface area contributed by atoms with Crippen LogP contribution in [0, 0.1) is 0 Å². The Morgan fingerprint density at radius 2 is 2.04 bits per heavy atom. The zero-order valence-corrected chi connectivity index (χ0v) is 15.2. The van der Waals surface area contributed by atoms with Crippen molar-refractivity contribution < 1.29 is 14.3 Å². The average Bonchev–Trinajstić information content (AvgIpc) is 3.32. The number of benzene rings is 1. The van der Waals surface area contributed by atoms with Crippen molar-refractivity contribution in [3.05, 3.63) is 47.1 Å². The Morgan fingerprint density at radius 3 is 2.93 bits per heavy atom. The summed E-state index contributed by atoms with van der Waals surface area (Å²) in [6.45, 7) is 2.39. The van der Waals surface area contributed by atoms with Crippen LogP contribution in [0.25, 0.3) is 11.0 Å². The van der Waals surface area contributed by atoms with E-state index in [1.165, 1.54) is 0 Å². The maximum atomic E-state index is 12.7. The molecule has 0 spiro atoms. The molecule has 1 aromatic carbocycles. The number of piperazine rings is 1. The van der Waals surface area contributed by atoms with Gasteiger partial charge in [-0.1, -0.05) is 17.7 Å². The summed E-state index contributed by atoms with van der Waals surface area (Å²) in [6, 6.07) is 9.49. The second kappa shape index (κ2) is 6.35. The summed E-state index contributed by atoms with van der Waals surface area (Å²) >= 11 is 6.34. The van der Waals surface area contributed by atoms with E-state index in [0.29, 0.717) is 30.5 Å². The maximum absolute atomic E-state index is 12.7. The Balaban J connectivity index is 1.30. The van der Waals surface area contributed by atoms with Crippen molar-refractivity contribution in [2.75, 3.05) is 31.3 Å². The van der Waals surface area contributed by atoms with Crippen LogP contribution in [-0.2, 0) is 11.3 Å². The van der Waals surface area contributed by atoms with Crippen molar-refractivity contribution in [2.24, 2.45) is 0 Å². The fourth-order valence-electron chi connectivity index (χ4n) is 3.48. The first kappa shape index (κ1) is 16.3. The van der Waals surface area contributed by atoms with E-state index in [1.807, 2.05) is 46.3 Å². The molecule has 8 heteroatoms. The summed E-state index contributed by atoms with van der Waals surface area (Å²) in [4.78, 5) is 24.1. The minimum absolute atomic E-state index is 0.0587. The molecule has 1 amide bonds. The van der Waals surface area contributed by atoms with Crippen molar-refractivity contribution in [1.29, 1.82) is 0 Å². The topological polar surface area (TPSA) is 70.7 Å². The molecule has 5 rings (SSSR count). The first-order valence-corrected chi connectivity index (χ1v) is 9.10. The molecule has 0 atom stereocenters. The van der Waals surface area contributed by atoms with Crippen LogP contribution in [0.4, 0.5) is 5.82 Å². The van der Waals surface area contributed by atoms with Crippen molar-refractivity contribution in [1.82, 2.24) is 14.9 Å². The number of ether oxygens (including phenoxy) is 2. The Labute approximate surface area is 160 Å². The predicted octanol–water partition coefficient (Wildman–Crippen LogP) is 2.79. The van der Waals surface area contributed by atoms with E-state index in [4.69, 9.17) is 21.1 Å². The summed E-state index contributed by atoms with van der Waals surface area (Å²) in [5.74, 6) is 2.25. The first-order chi connectivity index (χ1) is 13.2. The van der Waals surface area contributed by atoms with Gasteiger partial charge < -0.3 is 24.3 Å². The fourth-order valence-corrected chi connectivity index (χ4v) is 3.73. The number of H-pyrrole nitrogens is 1. The number of fused-ring (bicyclic) bond motifs is 2. The van der Waals surface area contributed by atoms with Crippen LogP contribution in [0.5, 0.6) is 11.5 Å². The lowest BCUT2D eigenvalue weighted by atomic mass is 10.1. The van der Waals surface area contributed by atoms with Crippen LogP contribution in [0.1, 0.15) is 5.56 Å². The van der Waals surface area contributed by atoms with Gasteiger partial charge in [0.1, 0.15) is 11.5 Å². The van der Waals surface area contributed by atoms with Gasteiger partial charge in [0.05, 0.1) is 11.6 Å². The third kappa shape index (κ3) is 2.94. The van der Waals surface area contributed by atoms with Crippen LogP contribution in [-0.4, -0.2) is 47.2 Å². The Morgan fingerprint density at radius 1 is 1.15 bits per heavy atom. The summed E-state index contributed by atoms with van der Waals surface area (Å²) in [5.41, 5.74) is 1.75. The lowest BCUT2D eigenvalue weighted by Gasteiger charge is -2.35. The molecule has 3 aromatic rings. The summed E-state index contributed by atoms with van der Waals surface area (Å²) < 4.78 is 10.7. The van der Waals surface area contributed by atoms with Gasteiger partial charge in [-0.25, -0.2) is 4.98 Å². The summed E-state index contributed by atoms with van der Waals surface area (Å²) in [7, 11) is 0. The molecule has 1 saturated heterocycles. The number of aromatic amines is 1. The fraction of sp³-hybridized carbons (Fsp3) is 0.263. The van der Waals surface area contributed by atoms with Gasteiger partial charge in [-0.2, -0.15) is 0 Å². The highest BCUT2D eigenvalue weighted by Gasteiger charge is 2.26. The zero-order valence-electron chi connectivity index (χ0n) is 14.4. The monoisotopic (exact) mass is 384 g/mol. The van der Waals surface area contributed by atoms with Gasteiger partial charge in [0, 0.05) is 37.3 Å². The first-order valence-electron chi connectivity index (χ1n) is 8.72. The number of carbonyl (C=O) groups excluding carboxylic acids is 1. The second-order valence-corrected chi connectivity index (χ2v) is 7.03. The standard InChI is InChI=1S/C19H17ClN4O3/c20-14-8-17(22-19-13(14)3-4-21-19)23-5-6-24(18(25)10-23)9-12-1-2-15-16(7-12)27-11-26-15/h1-4,7-8H,5-6,9-11H2,(H,21,22). The van der Waals surface area contributed by atoms with Gasteiger partial charge in [0.25, 0.3) is 0 Å². The number of halogens is 1. The zero-order chi connectivity index (χ0) is 18.4. The predicted molar refractivity (Wildman–Crippen MR) is 101 cm³/mol. The van der Waals surface area contributed by atoms with Gasteiger partial charge in [0.15, 0.2) is 11.5 Å². The van der Waals surface area contributed by atoms with Gasteiger partial charge in [-0.05, 0) is 23.8 Å². The number of amides is 1. The second-order valence-electron chi connectivity index (χ2n) is 6.63. The normalized spacial score (nSPS) is 16.4. The van der Waals surface area contributed by atoms with E-state index in [9.17, 15) is 4.79 Å². The highest BCUT2D eigenvalue weighted by atomic mass is 35.5. The SMILES string of the molecule is O=C1CN(c2cc(Cl)c3cc[nH]c3n2)CCN1Cc1ccc2c(c1)OCO2. The van der Waals surface area contributed by atoms with E-state index in [1.54, 1.807) is 0 Å². The molecule has 138 valence electrons. The largest absolute Gasteiger partial charge is 0.454 e. The molecule has 0 aliphatic carbocycles. The molecule has 1 N–H and O–H groups in total. The molecule has 0 radical (unpaired) electrons. The number of carbonyl (C=O) groups is 1. The van der Waals surface area contributed by atoms with E-state index < -0.39 is 0 Å². The molecule has 0 unspecified atom stereocenters. The number of anilines is 1. The maximum Gasteiger partial charge on any atom is 0.242 e. The molecule has 7 nitrogen and oxygen atoms in total. The molecular formula is C19H17ClN4O3. The van der Waals surface area contributed by atoms with Crippen LogP contribution in [0.15, 0.2) is 36.5 Å². The molecule has 1 fully saturated rings.